The maximum atomic E-state index is 12.8. The lowest BCUT2D eigenvalue weighted by molar-refractivity contribution is -0.137. The zero-order valence-corrected chi connectivity index (χ0v) is 14.5. The quantitative estimate of drug-likeness (QED) is 0.609. The fourth-order valence-corrected chi connectivity index (χ4v) is 3.52. The molecule has 1 atom stereocenters. The van der Waals surface area contributed by atoms with Gasteiger partial charge in [0.25, 0.3) is 0 Å². The van der Waals surface area contributed by atoms with E-state index >= 15 is 0 Å². The molecule has 0 saturated heterocycles. The van der Waals surface area contributed by atoms with Crippen molar-refractivity contribution in [2.24, 2.45) is 0 Å². The molecule has 3 rings (SSSR count). The fourth-order valence-electron chi connectivity index (χ4n) is 2.67. The van der Waals surface area contributed by atoms with Crippen LogP contribution in [-0.4, -0.2) is 13.6 Å². The summed E-state index contributed by atoms with van der Waals surface area (Å²) in [6.45, 7) is 0.701. The third kappa shape index (κ3) is 4.14. The number of benzene rings is 2. The van der Waals surface area contributed by atoms with Crippen LogP contribution in [0.5, 0.6) is 5.75 Å². The molecule has 0 saturated carbocycles. The zero-order valence-electron chi connectivity index (χ0n) is 13.6. The number of ether oxygens (including phenoxy) is 1. The molecule has 2 aromatic carbocycles. The van der Waals surface area contributed by atoms with Crippen LogP contribution in [-0.2, 0) is 6.18 Å². The van der Waals surface area contributed by atoms with Gasteiger partial charge in [-0.2, -0.15) is 13.2 Å². The lowest BCUT2D eigenvalue weighted by Crippen LogP contribution is -2.16. The molecule has 0 radical (unpaired) electrons. The van der Waals surface area contributed by atoms with E-state index in [4.69, 9.17) is 4.74 Å². The summed E-state index contributed by atoms with van der Waals surface area (Å²) in [5.41, 5.74) is 0.0841. The van der Waals surface area contributed by atoms with Gasteiger partial charge >= 0.3 is 6.18 Å². The van der Waals surface area contributed by atoms with Gasteiger partial charge in [-0.1, -0.05) is 24.3 Å². The van der Waals surface area contributed by atoms with Crippen LogP contribution in [0.15, 0.2) is 53.9 Å². The van der Waals surface area contributed by atoms with Crippen LogP contribution in [0.4, 0.5) is 13.2 Å². The van der Waals surface area contributed by atoms with Gasteiger partial charge in [-0.25, -0.2) is 0 Å². The monoisotopic (exact) mass is 365 g/mol. The highest BCUT2D eigenvalue weighted by molar-refractivity contribution is 7.17. The molecule has 2 nitrogen and oxygen atoms in total. The molecule has 25 heavy (non-hydrogen) atoms. The second-order valence-corrected chi connectivity index (χ2v) is 6.63. The molecule has 0 bridgehead atoms. The highest BCUT2D eigenvalue weighted by Crippen LogP contribution is 2.35. The van der Waals surface area contributed by atoms with Crippen LogP contribution in [0.1, 0.15) is 23.7 Å². The number of thiophene rings is 1. The molecule has 1 heterocycles. The number of hydrogen-bond donors (Lipinski definition) is 1. The van der Waals surface area contributed by atoms with Crippen LogP contribution >= 0.6 is 11.3 Å². The fraction of sp³-hybridized carbons (Fsp3) is 0.263. The molecule has 0 aliphatic heterocycles. The number of alkyl halides is 3. The van der Waals surface area contributed by atoms with E-state index in [-0.39, 0.29) is 6.10 Å². The first-order valence-electron chi connectivity index (χ1n) is 7.93. The Morgan fingerprint density at radius 2 is 1.84 bits per heavy atom. The molecule has 0 aliphatic carbocycles. The normalized spacial score (nSPS) is 13.1. The van der Waals surface area contributed by atoms with Crippen molar-refractivity contribution in [2.45, 2.75) is 18.7 Å². The summed E-state index contributed by atoms with van der Waals surface area (Å²) in [6, 6.07) is 13.1. The Morgan fingerprint density at radius 3 is 2.52 bits per heavy atom. The summed E-state index contributed by atoms with van der Waals surface area (Å²) in [5, 5.41) is 6.16. The summed E-state index contributed by atoms with van der Waals surface area (Å²) >= 11 is 1.59. The Hall–Kier alpha value is -2.05. The molecular formula is C19H18F3NOS. The summed E-state index contributed by atoms with van der Waals surface area (Å²) < 4.78 is 45.5. The highest BCUT2D eigenvalue weighted by Gasteiger charge is 2.30. The summed E-state index contributed by atoms with van der Waals surface area (Å²) in [4.78, 5) is 0. The van der Waals surface area contributed by atoms with Gasteiger partial charge in [0, 0.05) is 6.42 Å². The SMILES string of the molecule is CNCCC(Oc1cccc2ccsc12)c1ccc(C(F)(F)F)cc1. The van der Waals surface area contributed by atoms with Crippen molar-refractivity contribution in [1.29, 1.82) is 0 Å². The predicted octanol–water partition coefficient (Wildman–Crippen LogP) is 5.65. The van der Waals surface area contributed by atoms with Crippen molar-refractivity contribution in [1.82, 2.24) is 5.32 Å². The predicted molar refractivity (Wildman–Crippen MR) is 95.2 cm³/mol. The molecule has 132 valence electrons. The third-order valence-electron chi connectivity index (χ3n) is 3.98. The maximum Gasteiger partial charge on any atom is 0.416 e. The van der Waals surface area contributed by atoms with E-state index in [1.807, 2.05) is 36.7 Å². The first kappa shape index (κ1) is 17.8. The topological polar surface area (TPSA) is 21.3 Å². The van der Waals surface area contributed by atoms with Crippen molar-refractivity contribution >= 4 is 21.4 Å². The Morgan fingerprint density at radius 1 is 1.08 bits per heavy atom. The first-order valence-corrected chi connectivity index (χ1v) is 8.81. The molecule has 0 aliphatic rings. The Bertz CT molecular complexity index is 827. The minimum atomic E-state index is -4.33. The number of nitrogens with one attached hydrogen (secondary N) is 1. The van der Waals surface area contributed by atoms with E-state index in [2.05, 4.69) is 5.32 Å². The summed E-state index contributed by atoms with van der Waals surface area (Å²) in [6.07, 6.45) is -3.99. The van der Waals surface area contributed by atoms with E-state index < -0.39 is 11.7 Å². The molecule has 0 spiro atoms. The van der Waals surface area contributed by atoms with E-state index in [0.717, 1.165) is 33.5 Å². The minimum absolute atomic E-state index is 0.317. The molecular weight excluding hydrogens is 347 g/mol. The van der Waals surface area contributed by atoms with Crippen molar-refractivity contribution < 1.29 is 17.9 Å². The first-order chi connectivity index (χ1) is 12.0. The number of halogens is 3. The van der Waals surface area contributed by atoms with Crippen molar-refractivity contribution in [3.63, 3.8) is 0 Å². The Labute approximate surface area is 148 Å². The van der Waals surface area contributed by atoms with Gasteiger partial charge in [-0.3, -0.25) is 0 Å². The van der Waals surface area contributed by atoms with E-state index in [1.165, 1.54) is 12.1 Å². The zero-order chi connectivity index (χ0) is 17.9. The Kier molecular flexibility index (Phi) is 5.30. The third-order valence-corrected chi connectivity index (χ3v) is 4.92. The molecule has 1 unspecified atom stereocenters. The number of rotatable bonds is 6. The highest BCUT2D eigenvalue weighted by atomic mass is 32.1. The van der Waals surface area contributed by atoms with Crippen molar-refractivity contribution in [2.75, 3.05) is 13.6 Å². The lowest BCUT2D eigenvalue weighted by atomic mass is 10.0. The van der Waals surface area contributed by atoms with Gasteiger partial charge in [0.15, 0.2) is 0 Å². The average Bonchev–Trinajstić information content (AvgIpc) is 3.07. The second kappa shape index (κ2) is 7.45. The molecule has 0 fully saturated rings. The van der Waals surface area contributed by atoms with Crippen LogP contribution in [0, 0.1) is 0 Å². The molecule has 3 aromatic rings. The van der Waals surface area contributed by atoms with Gasteiger partial charge in [0.05, 0.1) is 10.3 Å². The smallest absolute Gasteiger partial charge is 0.416 e. The van der Waals surface area contributed by atoms with Crippen molar-refractivity contribution in [3.05, 3.63) is 65.0 Å². The van der Waals surface area contributed by atoms with Crippen LogP contribution in [0.2, 0.25) is 0 Å². The summed E-state index contributed by atoms with van der Waals surface area (Å²) in [7, 11) is 1.84. The van der Waals surface area contributed by atoms with Crippen LogP contribution in [0.3, 0.4) is 0 Å². The van der Waals surface area contributed by atoms with Gasteiger partial charge in [-0.15, -0.1) is 11.3 Å². The molecule has 1 N–H and O–H groups in total. The standard InChI is InChI=1S/C19H18F3NOS/c1-23-11-9-16(13-5-7-15(8-6-13)19(20,21)22)24-17-4-2-3-14-10-12-25-18(14)17/h2-8,10,12,16,23H,9,11H2,1H3. The van der Waals surface area contributed by atoms with Gasteiger partial charge < -0.3 is 10.1 Å². The molecule has 6 heteroatoms. The van der Waals surface area contributed by atoms with E-state index in [1.54, 1.807) is 11.3 Å². The maximum absolute atomic E-state index is 12.8. The number of fused-ring (bicyclic) bond motifs is 1. The molecule has 0 amide bonds. The van der Waals surface area contributed by atoms with Crippen LogP contribution in [0.25, 0.3) is 10.1 Å². The van der Waals surface area contributed by atoms with Gasteiger partial charge in [-0.05, 0) is 54.2 Å². The second-order valence-electron chi connectivity index (χ2n) is 5.71. The molecule has 1 aromatic heterocycles. The van der Waals surface area contributed by atoms with Crippen LogP contribution < -0.4 is 10.1 Å². The van der Waals surface area contributed by atoms with Gasteiger partial charge in [0.2, 0.25) is 0 Å². The van der Waals surface area contributed by atoms with Gasteiger partial charge in [0.1, 0.15) is 11.9 Å². The largest absolute Gasteiger partial charge is 0.484 e. The Balaban J connectivity index is 1.88. The van der Waals surface area contributed by atoms with E-state index in [0.29, 0.717) is 13.0 Å². The van der Waals surface area contributed by atoms with Crippen molar-refractivity contribution in [3.8, 4) is 5.75 Å². The van der Waals surface area contributed by atoms with E-state index in [9.17, 15) is 13.2 Å². The average molecular weight is 365 g/mol. The minimum Gasteiger partial charge on any atom is -0.484 e. The summed E-state index contributed by atoms with van der Waals surface area (Å²) in [5.74, 6) is 0.758. The number of hydrogen-bond acceptors (Lipinski definition) is 3. The lowest BCUT2D eigenvalue weighted by Gasteiger charge is -2.20.